The van der Waals surface area contributed by atoms with Crippen LogP contribution in [-0.2, 0) is 24.6 Å². The molecule has 3 aliphatic carbocycles. The van der Waals surface area contributed by atoms with Crippen LogP contribution in [0.2, 0.25) is 5.02 Å². The Kier molecular flexibility index (Phi) is 7.99. The van der Waals surface area contributed by atoms with Crippen LogP contribution in [0.3, 0.4) is 0 Å². The topological polar surface area (TPSA) is 138 Å². The van der Waals surface area contributed by atoms with E-state index in [-0.39, 0.29) is 57.8 Å². The molecule has 0 radical (unpaired) electrons. The van der Waals surface area contributed by atoms with Gasteiger partial charge < -0.3 is 14.9 Å². The zero-order valence-corrected chi connectivity index (χ0v) is 28.6. The number of Topliss-reactive ketones (excluding diaryl/α,β-unsaturated/α-hetero) is 1. The molecule has 0 aromatic heterocycles. The molecule has 10 heteroatoms. The summed E-state index contributed by atoms with van der Waals surface area (Å²) in [7, 11) is 1.39. The minimum Gasteiger partial charge on any atom is -0.503 e. The van der Waals surface area contributed by atoms with Gasteiger partial charge in [-0.15, -0.1) is 0 Å². The lowest BCUT2D eigenvalue weighted by atomic mass is 9.44. The summed E-state index contributed by atoms with van der Waals surface area (Å²) >= 11 is 6.62. The number of fused-ring (bicyclic) bond motifs is 4. The number of amides is 2. The molecule has 260 valence electrons. The number of benzene rings is 4. The first-order valence-electron chi connectivity index (χ1n) is 17.0. The van der Waals surface area contributed by atoms with Gasteiger partial charge in [-0.2, -0.15) is 0 Å². The summed E-state index contributed by atoms with van der Waals surface area (Å²) in [6.07, 6.45) is 3.62. The van der Waals surface area contributed by atoms with Crippen LogP contribution in [0.4, 0.5) is 5.69 Å². The maximum atomic E-state index is 15.2. The van der Waals surface area contributed by atoms with E-state index in [1.54, 1.807) is 36.4 Å². The molecule has 2 fully saturated rings. The SMILES string of the molecule is COc1cc([C@H]2C3=CC[C@@H]4C(=O)N(c5cccc(C(=O)O)c5)C(=O)[C@@H]4[C@@H]3C[C@H]3C(=O)C(c4ccccc4)=CC(=O)[C@@]23c2ccccc2)cc(Cl)c1O. The van der Waals surface area contributed by atoms with Crippen molar-refractivity contribution >= 4 is 52.2 Å². The van der Waals surface area contributed by atoms with Gasteiger partial charge in [-0.05, 0) is 71.9 Å². The number of halogens is 1. The highest BCUT2D eigenvalue weighted by Crippen LogP contribution is 2.64. The molecule has 8 rings (SSSR count). The molecule has 6 atom stereocenters. The summed E-state index contributed by atoms with van der Waals surface area (Å²) in [5.41, 5.74) is 1.28. The summed E-state index contributed by atoms with van der Waals surface area (Å²) in [5.74, 6) is -7.04. The molecule has 1 heterocycles. The number of ether oxygens (including phenoxy) is 1. The largest absolute Gasteiger partial charge is 0.503 e. The van der Waals surface area contributed by atoms with E-state index < -0.39 is 52.8 Å². The highest BCUT2D eigenvalue weighted by Gasteiger charge is 2.66. The van der Waals surface area contributed by atoms with Crippen LogP contribution in [0.15, 0.2) is 115 Å². The van der Waals surface area contributed by atoms with Crippen molar-refractivity contribution in [2.45, 2.75) is 24.2 Å². The first-order valence-corrected chi connectivity index (χ1v) is 17.3. The van der Waals surface area contributed by atoms with Crippen LogP contribution >= 0.6 is 11.6 Å². The third-order valence-electron chi connectivity index (χ3n) is 11.3. The van der Waals surface area contributed by atoms with E-state index in [2.05, 4.69) is 0 Å². The molecule has 52 heavy (non-hydrogen) atoms. The Hall–Kier alpha value is -5.80. The molecule has 0 spiro atoms. The Morgan fingerprint density at radius 3 is 2.29 bits per heavy atom. The summed E-state index contributed by atoms with van der Waals surface area (Å²) in [6.45, 7) is 0. The first kappa shape index (κ1) is 33.3. The second-order valence-corrected chi connectivity index (χ2v) is 14.1. The van der Waals surface area contributed by atoms with Gasteiger partial charge in [0.15, 0.2) is 23.1 Å². The number of methoxy groups -OCH3 is 1. The predicted octanol–water partition coefficient (Wildman–Crippen LogP) is 6.78. The van der Waals surface area contributed by atoms with Crippen LogP contribution in [0, 0.1) is 23.7 Å². The van der Waals surface area contributed by atoms with Gasteiger partial charge in [-0.25, -0.2) is 4.79 Å². The second kappa shape index (κ2) is 12.5. The van der Waals surface area contributed by atoms with Gasteiger partial charge in [-0.1, -0.05) is 90.0 Å². The molecule has 0 bridgehead atoms. The lowest BCUT2D eigenvalue weighted by Crippen LogP contribution is -2.58. The number of aromatic hydroxyl groups is 1. The van der Waals surface area contributed by atoms with E-state index in [4.69, 9.17) is 16.3 Å². The predicted molar refractivity (Wildman–Crippen MR) is 192 cm³/mol. The molecule has 2 N–H and O–H groups in total. The van der Waals surface area contributed by atoms with E-state index in [0.717, 1.165) is 4.90 Å². The van der Waals surface area contributed by atoms with Crippen molar-refractivity contribution in [1.29, 1.82) is 0 Å². The number of hydrogen-bond donors (Lipinski definition) is 2. The normalized spacial score (nSPS) is 26.6. The molecule has 0 unspecified atom stereocenters. The van der Waals surface area contributed by atoms with Gasteiger partial charge in [0.1, 0.15) is 0 Å². The average molecular weight is 714 g/mol. The van der Waals surface area contributed by atoms with Crippen LogP contribution in [-0.4, -0.2) is 46.7 Å². The number of anilines is 1. The van der Waals surface area contributed by atoms with E-state index >= 15 is 9.59 Å². The maximum Gasteiger partial charge on any atom is 0.335 e. The minimum absolute atomic E-state index is 0.0165. The Morgan fingerprint density at radius 1 is 0.885 bits per heavy atom. The number of phenolic OH excluding ortho intramolecular Hbond substituents is 1. The quantitative estimate of drug-likeness (QED) is 0.165. The lowest BCUT2D eigenvalue weighted by Gasteiger charge is -2.55. The van der Waals surface area contributed by atoms with Gasteiger partial charge in [0.2, 0.25) is 11.8 Å². The molecular formula is C42H32ClNO8. The molecule has 1 aliphatic heterocycles. The summed E-state index contributed by atoms with van der Waals surface area (Å²) < 4.78 is 5.52. The van der Waals surface area contributed by atoms with E-state index in [0.29, 0.717) is 22.3 Å². The fraction of sp³-hybridized carbons (Fsp3) is 0.214. The number of carboxylic acids is 1. The van der Waals surface area contributed by atoms with E-state index in [9.17, 15) is 24.6 Å². The van der Waals surface area contributed by atoms with Gasteiger partial charge >= 0.3 is 5.97 Å². The van der Waals surface area contributed by atoms with E-state index in [1.165, 1.54) is 37.5 Å². The zero-order valence-electron chi connectivity index (χ0n) is 27.9. The fourth-order valence-electron chi connectivity index (χ4n) is 9.20. The highest BCUT2D eigenvalue weighted by atomic mass is 35.5. The molecule has 2 amide bonds. The van der Waals surface area contributed by atoms with Gasteiger partial charge in [-0.3, -0.25) is 24.1 Å². The van der Waals surface area contributed by atoms with E-state index in [1.807, 2.05) is 42.5 Å². The Labute approximate surface area is 303 Å². The maximum absolute atomic E-state index is 15.2. The number of aromatic carboxylic acids is 1. The van der Waals surface area contributed by atoms with Gasteiger partial charge in [0.05, 0.1) is 40.6 Å². The van der Waals surface area contributed by atoms with Crippen molar-refractivity contribution in [3.63, 3.8) is 0 Å². The summed E-state index contributed by atoms with van der Waals surface area (Å²) in [5, 5.41) is 20.4. The average Bonchev–Trinajstić information content (AvgIpc) is 3.42. The number of nitrogens with zero attached hydrogens (tertiary/aromatic N) is 1. The van der Waals surface area contributed by atoms with Crippen molar-refractivity contribution in [3.05, 3.63) is 142 Å². The van der Waals surface area contributed by atoms with Crippen molar-refractivity contribution in [1.82, 2.24) is 0 Å². The number of allylic oxidation sites excluding steroid dienone is 4. The van der Waals surface area contributed by atoms with Crippen molar-refractivity contribution < 1.29 is 38.9 Å². The van der Waals surface area contributed by atoms with Crippen molar-refractivity contribution in [2.75, 3.05) is 12.0 Å². The van der Waals surface area contributed by atoms with Crippen LogP contribution < -0.4 is 9.64 Å². The fourth-order valence-corrected chi connectivity index (χ4v) is 9.42. The summed E-state index contributed by atoms with van der Waals surface area (Å²) in [6, 6.07) is 27.0. The molecule has 9 nitrogen and oxygen atoms in total. The lowest BCUT2D eigenvalue weighted by molar-refractivity contribution is -0.135. The second-order valence-electron chi connectivity index (χ2n) is 13.7. The minimum atomic E-state index is -1.49. The number of hydrogen-bond acceptors (Lipinski definition) is 7. The summed E-state index contributed by atoms with van der Waals surface area (Å²) in [4.78, 5) is 71.7. The van der Waals surface area contributed by atoms with Crippen LogP contribution in [0.1, 0.15) is 45.8 Å². The molecule has 1 saturated heterocycles. The number of carboxylic acid groups (broad SMARTS) is 1. The molecular weight excluding hydrogens is 682 g/mol. The number of phenols is 1. The van der Waals surface area contributed by atoms with Crippen molar-refractivity contribution in [2.24, 2.45) is 23.7 Å². The smallest absolute Gasteiger partial charge is 0.335 e. The molecule has 4 aliphatic rings. The standard InChI is InChI=1S/C42H32ClNO8/c1-52-33-19-24(18-32(43)38(33)47)36-27-15-16-28-35(40(49)44(39(28)48)26-14-8-11-23(17-26)41(50)51)30(27)20-31-37(46)29(22-9-4-2-5-10-22)21-34(45)42(31,36)25-12-6-3-7-13-25/h2-15,17-19,21,28,30-31,35-36,47H,16,20H2,1H3,(H,50,51)/t28-,30+,31-,35-,36-,42-/m0/s1. The number of ketones is 2. The Balaban J connectivity index is 1.37. The first-order chi connectivity index (χ1) is 25.1. The van der Waals surface area contributed by atoms with Crippen LogP contribution in [0.5, 0.6) is 11.5 Å². The number of carbonyl (C=O) groups excluding carboxylic acids is 4. The highest BCUT2D eigenvalue weighted by molar-refractivity contribution is 6.33. The molecule has 4 aromatic rings. The van der Waals surface area contributed by atoms with Crippen molar-refractivity contribution in [3.8, 4) is 11.5 Å². The monoisotopic (exact) mass is 713 g/mol. The molecule has 4 aromatic carbocycles. The zero-order chi connectivity index (χ0) is 36.5. The number of carbonyl (C=O) groups is 5. The third-order valence-corrected chi connectivity index (χ3v) is 11.6. The van der Waals surface area contributed by atoms with Gasteiger partial charge in [0, 0.05) is 17.4 Å². The number of imide groups is 1. The van der Waals surface area contributed by atoms with Crippen LogP contribution in [0.25, 0.3) is 5.57 Å². The Morgan fingerprint density at radius 2 is 1.60 bits per heavy atom. The Bertz CT molecular complexity index is 2260. The number of rotatable bonds is 6. The van der Waals surface area contributed by atoms with Gasteiger partial charge in [0.25, 0.3) is 0 Å². The molecule has 1 saturated carbocycles. The third kappa shape index (κ3) is 4.79.